The Bertz CT molecular complexity index is 374. The Hall–Kier alpha value is -1.25. The first-order valence-corrected chi connectivity index (χ1v) is 4.96. The van der Waals surface area contributed by atoms with Gasteiger partial charge in [-0.1, -0.05) is 0 Å². The lowest BCUT2D eigenvalue weighted by atomic mass is 9.80. The van der Waals surface area contributed by atoms with Crippen LogP contribution in [0, 0.1) is 16.0 Å². The van der Waals surface area contributed by atoms with E-state index in [1.807, 2.05) is 0 Å². The fourth-order valence-corrected chi connectivity index (χ4v) is 2.64. The van der Waals surface area contributed by atoms with Crippen molar-refractivity contribution in [3.05, 3.63) is 10.1 Å². The molecule has 0 aliphatic carbocycles. The lowest BCUT2D eigenvalue weighted by Crippen LogP contribution is -2.70. The van der Waals surface area contributed by atoms with Crippen LogP contribution in [0.2, 0.25) is 0 Å². The Morgan fingerprint density at radius 1 is 1.62 bits per heavy atom. The third-order valence-electron chi connectivity index (χ3n) is 3.37. The molecule has 5 atom stereocenters. The molecule has 88 valence electrons. The predicted octanol–water partition coefficient (Wildman–Crippen LogP) is -1.79. The van der Waals surface area contributed by atoms with Crippen molar-refractivity contribution in [2.75, 3.05) is 6.61 Å². The number of carbonyl (C=O) groups is 1. The number of fused-ring (bicyclic) bond motifs is 6. The van der Waals surface area contributed by atoms with E-state index in [-0.39, 0.29) is 13.0 Å². The molecular formula is C8H10N2O6. The van der Waals surface area contributed by atoms with Crippen molar-refractivity contribution in [2.24, 2.45) is 5.92 Å². The summed E-state index contributed by atoms with van der Waals surface area (Å²) in [7, 11) is 0. The number of rotatable bonds is 1. The lowest BCUT2D eigenvalue weighted by Gasteiger charge is -2.44. The van der Waals surface area contributed by atoms with Crippen LogP contribution in [0.3, 0.4) is 0 Å². The maximum absolute atomic E-state index is 11.5. The molecule has 2 N–H and O–H groups in total. The molecule has 4 bridgehead atoms. The molecule has 0 aromatic rings. The molecule has 3 saturated heterocycles. The van der Waals surface area contributed by atoms with Crippen LogP contribution in [-0.4, -0.2) is 46.7 Å². The summed E-state index contributed by atoms with van der Waals surface area (Å²) in [5, 5.41) is 23.1. The number of carbonyl (C=O) groups excluding carboxylic acids is 1. The number of aliphatic hydroxyl groups is 1. The Morgan fingerprint density at radius 2 is 2.38 bits per heavy atom. The number of hydrogen-bond donors (Lipinski definition) is 2. The van der Waals surface area contributed by atoms with Gasteiger partial charge in [-0.15, -0.1) is 0 Å². The molecule has 3 rings (SSSR count). The van der Waals surface area contributed by atoms with E-state index in [1.54, 1.807) is 0 Å². The fourth-order valence-electron chi connectivity index (χ4n) is 2.64. The normalized spacial score (nSPS) is 49.9. The minimum atomic E-state index is -1.62. The number of nitrogens with one attached hydrogen (secondary N) is 1. The zero-order chi connectivity index (χ0) is 11.5. The zero-order valence-electron chi connectivity index (χ0n) is 8.16. The summed E-state index contributed by atoms with van der Waals surface area (Å²) in [6, 6.07) is -1.37. The molecule has 3 heterocycles. The van der Waals surface area contributed by atoms with Gasteiger partial charge < -0.3 is 19.9 Å². The Balaban J connectivity index is 1.99. The highest BCUT2D eigenvalue weighted by atomic mass is 16.7. The molecule has 3 aliphatic rings. The summed E-state index contributed by atoms with van der Waals surface area (Å²) >= 11 is 0. The molecule has 3 fully saturated rings. The monoisotopic (exact) mass is 230 g/mol. The van der Waals surface area contributed by atoms with Gasteiger partial charge in [0.1, 0.15) is 0 Å². The van der Waals surface area contributed by atoms with Gasteiger partial charge in [-0.2, -0.15) is 0 Å². The summed E-state index contributed by atoms with van der Waals surface area (Å²) in [6.45, 7) is 0.178. The second-order valence-electron chi connectivity index (χ2n) is 4.35. The van der Waals surface area contributed by atoms with Gasteiger partial charge in [-0.05, 0) is 0 Å². The van der Waals surface area contributed by atoms with Crippen LogP contribution in [0.15, 0.2) is 0 Å². The van der Waals surface area contributed by atoms with Crippen molar-refractivity contribution in [1.82, 2.24) is 5.32 Å². The Labute approximate surface area is 89.7 Å². The minimum absolute atomic E-state index is 0.0969. The molecule has 8 heteroatoms. The highest BCUT2D eigenvalue weighted by Crippen LogP contribution is 2.42. The van der Waals surface area contributed by atoms with E-state index < -0.39 is 40.9 Å². The van der Waals surface area contributed by atoms with Crippen molar-refractivity contribution in [3.63, 3.8) is 0 Å². The van der Waals surface area contributed by atoms with Crippen LogP contribution in [0.1, 0.15) is 6.42 Å². The molecule has 0 aromatic heterocycles. The van der Waals surface area contributed by atoms with Crippen LogP contribution in [0.4, 0.5) is 0 Å². The topological polar surface area (TPSA) is 111 Å². The number of nitrogens with zero attached hydrogens (tertiary/aromatic N) is 1. The van der Waals surface area contributed by atoms with Gasteiger partial charge in [0.25, 0.3) is 11.9 Å². The van der Waals surface area contributed by atoms with Crippen molar-refractivity contribution in [3.8, 4) is 0 Å². The minimum Gasteiger partial charge on any atom is -0.366 e. The van der Waals surface area contributed by atoms with Gasteiger partial charge in [0.2, 0.25) is 6.29 Å². The molecule has 0 spiro atoms. The fraction of sp³-hybridized carbons (Fsp3) is 0.875. The van der Waals surface area contributed by atoms with Gasteiger partial charge in [0.15, 0.2) is 5.72 Å². The second-order valence-corrected chi connectivity index (χ2v) is 4.35. The number of amides is 1. The summed E-state index contributed by atoms with van der Waals surface area (Å²) in [6.07, 6.45) is -1.29. The van der Waals surface area contributed by atoms with E-state index in [2.05, 4.69) is 5.32 Å². The molecule has 16 heavy (non-hydrogen) atoms. The lowest BCUT2D eigenvalue weighted by molar-refractivity contribution is -0.526. The first kappa shape index (κ1) is 9.94. The summed E-state index contributed by atoms with van der Waals surface area (Å²) < 4.78 is 10.5. The number of ether oxygens (including phenoxy) is 2. The van der Waals surface area contributed by atoms with Crippen LogP contribution in [0.5, 0.6) is 0 Å². The third-order valence-corrected chi connectivity index (χ3v) is 3.37. The molecule has 3 aliphatic heterocycles. The number of piperidine rings is 1. The molecular weight excluding hydrogens is 220 g/mol. The first-order valence-electron chi connectivity index (χ1n) is 4.96. The van der Waals surface area contributed by atoms with E-state index >= 15 is 0 Å². The van der Waals surface area contributed by atoms with Gasteiger partial charge in [0.05, 0.1) is 18.6 Å². The van der Waals surface area contributed by atoms with Crippen LogP contribution in [-0.2, 0) is 14.3 Å². The van der Waals surface area contributed by atoms with Crippen LogP contribution >= 0.6 is 0 Å². The number of nitro groups is 1. The molecule has 0 aromatic carbocycles. The number of hydrogen-bond acceptors (Lipinski definition) is 6. The molecule has 0 unspecified atom stereocenters. The summed E-state index contributed by atoms with van der Waals surface area (Å²) in [5.74, 6) is -1.40. The molecule has 8 nitrogen and oxygen atoms in total. The summed E-state index contributed by atoms with van der Waals surface area (Å²) in [4.78, 5) is 21.7. The van der Waals surface area contributed by atoms with Crippen molar-refractivity contribution < 1.29 is 24.3 Å². The predicted molar refractivity (Wildman–Crippen MR) is 46.6 cm³/mol. The van der Waals surface area contributed by atoms with Gasteiger partial charge >= 0.3 is 0 Å². The van der Waals surface area contributed by atoms with Crippen molar-refractivity contribution in [1.29, 1.82) is 0 Å². The van der Waals surface area contributed by atoms with E-state index in [0.717, 1.165) is 0 Å². The largest absolute Gasteiger partial charge is 0.366 e. The average Bonchev–Trinajstić information content (AvgIpc) is 2.60. The molecule has 0 saturated carbocycles. The van der Waals surface area contributed by atoms with E-state index in [1.165, 1.54) is 0 Å². The maximum Gasteiger partial charge on any atom is 0.297 e. The van der Waals surface area contributed by atoms with E-state index in [0.29, 0.717) is 0 Å². The maximum atomic E-state index is 11.5. The Kier molecular flexibility index (Phi) is 1.80. The standard InChI is InChI=1S/C8H10N2O6/c11-6-5(10(13)14)3-1-8(12,9-6)7-15-2-4(3)16-7/h3-5,7,12H,1-2H2,(H,9,11)/t3-,4-,5-,7+,8+/m0/s1. The molecule has 0 radical (unpaired) electrons. The summed E-state index contributed by atoms with van der Waals surface area (Å²) in [5.41, 5.74) is -1.62. The quantitative estimate of drug-likeness (QED) is 0.406. The Morgan fingerprint density at radius 3 is 3.06 bits per heavy atom. The van der Waals surface area contributed by atoms with Crippen LogP contribution < -0.4 is 5.32 Å². The third kappa shape index (κ3) is 1.11. The SMILES string of the molecule is O=C1N[C@@]2(O)C[C@@H]([C@@H]3CO[C@@H]2O3)[C@@H]1[N+](=O)[O-]. The highest BCUT2D eigenvalue weighted by Gasteiger charge is 2.63. The molecule has 1 amide bonds. The highest BCUT2D eigenvalue weighted by molar-refractivity contribution is 5.82. The smallest absolute Gasteiger partial charge is 0.297 e. The average molecular weight is 230 g/mol. The van der Waals surface area contributed by atoms with Crippen molar-refractivity contribution >= 4 is 5.91 Å². The van der Waals surface area contributed by atoms with Gasteiger partial charge in [-0.25, -0.2) is 0 Å². The zero-order valence-corrected chi connectivity index (χ0v) is 8.16. The van der Waals surface area contributed by atoms with Crippen molar-refractivity contribution in [2.45, 2.75) is 30.6 Å². The van der Waals surface area contributed by atoms with E-state index in [4.69, 9.17) is 9.47 Å². The van der Waals surface area contributed by atoms with E-state index in [9.17, 15) is 20.0 Å². The first-order chi connectivity index (χ1) is 7.51. The van der Waals surface area contributed by atoms with Gasteiger partial charge in [0, 0.05) is 11.3 Å². The van der Waals surface area contributed by atoms with Crippen LogP contribution in [0.25, 0.3) is 0 Å². The van der Waals surface area contributed by atoms with Gasteiger partial charge in [-0.3, -0.25) is 14.9 Å². The second kappa shape index (κ2) is 2.90.